The average molecular weight is 247 g/mol. The molecule has 1 N–H and O–H groups in total. The highest BCUT2D eigenvalue weighted by molar-refractivity contribution is 5.96. The van der Waals surface area contributed by atoms with Crippen molar-refractivity contribution in [1.82, 2.24) is 10.4 Å². The lowest BCUT2D eigenvalue weighted by atomic mass is 10.0. The molecule has 3 nitrogen and oxygen atoms in total. The molecule has 0 aliphatic carbocycles. The van der Waals surface area contributed by atoms with Crippen molar-refractivity contribution in [2.24, 2.45) is 5.10 Å². The Morgan fingerprint density at radius 2 is 1.74 bits per heavy atom. The summed E-state index contributed by atoms with van der Waals surface area (Å²) in [6.45, 7) is 0. The van der Waals surface area contributed by atoms with Gasteiger partial charge in [-0.1, -0.05) is 36.4 Å². The number of nitrogens with zero attached hydrogens (tertiary/aromatic N) is 2. The van der Waals surface area contributed by atoms with Crippen LogP contribution >= 0.6 is 0 Å². The maximum absolute atomic E-state index is 4.42. The molecule has 1 aromatic carbocycles. The SMILES string of the molecule is C1=CC(c2ccccn2)=C(c2ccccc2)NN=C1. The van der Waals surface area contributed by atoms with Crippen LogP contribution in [0.15, 0.2) is 72.0 Å². The Hall–Kier alpha value is -2.68. The molecule has 0 spiro atoms. The fourth-order valence-electron chi connectivity index (χ4n) is 1.99. The molecule has 1 aliphatic rings. The van der Waals surface area contributed by atoms with E-state index in [1.165, 1.54) is 0 Å². The normalized spacial score (nSPS) is 14.1. The summed E-state index contributed by atoms with van der Waals surface area (Å²) in [6, 6.07) is 16.0. The van der Waals surface area contributed by atoms with Gasteiger partial charge < -0.3 is 0 Å². The van der Waals surface area contributed by atoms with Crippen molar-refractivity contribution in [3.05, 3.63) is 78.1 Å². The van der Waals surface area contributed by atoms with Crippen LogP contribution in [-0.4, -0.2) is 11.2 Å². The van der Waals surface area contributed by atoms with E-state index < -0.39 is 0 Å². The zero-order valence-corrected chi connectivity index (χ0v) is 10.3. The van der Waals surface area contributed by atoms with E-state index in [-0.39, 0.29) is 0 Å². The lowest BCUT2D eigenvalue weighted by Gasteiger charge is -2.11. The van der Waals surface area contributed by atoms with Gasteiger partial charge in [-0.25, -0.2) is 0 Å². The minimum Gasteiger partial charge on any atom is -0.277 e. The molecule has 1 aliphatic heterocycles. The van der Waals surface area contributed by atoms with Gasteiger partial charge in [-0.15, -0.1) is 0 Å². The van der Waals surface area contributed by atoms with Gasteiger partial charge in [0.1, 0.15) is 0 Å². The molecule has 0 radical (unpaired) electrons. The molecular formula is C16H13N3. The predicted molar refractivity (Wildman–Crippen MR) is 78.3 cm³/mol. The third kappa shape index (κ3) is 2.45. The Morgan fingerprint density at radius 3 is 2.53 bits per heavy atom. The van der Waals surface area contributed by atoms with Crippen molar-refractivity contribution >= 4 is 17.5 Å². The summed E-state index contributed by atoms with van der Waals surface area (Å²) >= 11 is 0. The third-order valence-corrected chi connectivity index (χ3v) is 2.87. The number of hydrazone groups is 1. The summed E-state index contributed by atoms with van der Waals surface area (Å²) in [4.78, 5) is 4.42. The lowest BCUT2D eigenvalue weighted by Crippen LogP contribution is -2.06. The lowest BCUT2D eigenvalue weighted by molar-refractivity contribution is 1.00. The van der Waals surface area contributed by atoms with E-state index in [1.54, 1.807) is 12.4 Å². The molecule has 3 rings (SSSR count). The van der Waals surface area contributed by atoms with E-state index in [1.807, 2.05) is 48.6 Å². The summed E-state index contributed by atoms with van der Waals surface area (Å²) in [5.41, 5.74) is 7.10. The number of nitrogens with one attached hydrogen (secondary N) is 1. The van der Waals surface area contributed by atoms with Crippen LogP contribution in [0.1, 0.15) is 11.3 Å². The number of pyridine rings is 1. The molecule has 0 saturated heterocycles. The van der Waals surface area contributed by atoms with Gasteiger partial charge in [0, 0.05) is 23.5 Å². The van der Waals surface area contributed by atoms with E-state index in [2.05, 4.69) is 27.6 Å². The van der Waals surface area contributed by atoms with E-state index in [9.17, 15) is 0 Å². The van der Waals surface area contributed by atoms with Gasteiger partial charge >= 0.3 is 0 Å². The van der Waals surface area contributed by atoms with Crippen molar-refractivity contribution in [2.75, 3.05) is 0 Å². The van der Waals surface area contributed by atoms with E-state index in [4.69, 9.17) is 0 Å². The first kappa shape index (κ1) is 11.4. The molecule has 0 bridgehead atoms. The van der Waals surface area contributed by atoms with Crippen LogP contribution in [0.4, 0.5) is 0 Å². The molecule has 0 amide bonds. The molecule has 0 fully saturated rings. The van der Waals surface area contributed by atoms with Gasteiger partial charge in [-0.05, 0) is 24.3 Å². The van der Waals surface area contributed by atoms with Gasteiger partial charge in [0.05, 0.1) is 11.4 Å². The maximum atomic E-state index is 4.42. The number of allylic oxidation sites excluding steroid dienone is 3. The minimum atomic E-state index is 0.926. The van der Waals surface area contributed by atoms with Gasteiger partial charge in [0.15, 0.2) is 0 Å². The van der Waals surface area contributed by atoms with Crippen LogP contribution in [0, 0.1) is 0 Å². The summed E-state index contributed by atoms with van der Waals surface area (Å²) in [5, 5.41) is 4.16. The van der Waals surface area contributed by atoms with Crippen LogP contribution in [0.2, 0.25) is 0 Å². The van der Waals surface area contributed by atoms with Gasteiger partial charge in [-0.3, -0.25) is 10.4 Å². The Morgan fingerprint density at radius 1 is 0.895 bits per heavy atom. The standard InChI is InChI=1S/C16H13N3/c1-2-7-13(8-3-1)16-14(9-6-12-18-19-16)15-10-4-5-11-17-15/h1-12,19H. The van der Waals surface area contributed by atoms with Crippen molar-refractivity contribution in [3.63, 3.8) is 0 Å². The molecule has 2 heterocycles. The van der Waals surface area contributed by atoms with E-state index >= 15 is 0 Å². The molecule has 3 heteroatoms. The zero-order valence-electron chi connectivity index (χ0n) is 10.3. The molecule has 0 unspecified atom stereocenters. The largest absolute Gasteiger partial charge is 0.277 e. The van der Waals surface area contributed by atoms with E-state index in [0.717, 1.165) is 22.5 Å². The molecular weight excluding hydrogens is 234 g/mol. The van der Waals surface area contributed by atoms with Gasteiger partial charge in [-0.2, -0.15) is 5.10 Å². The highest BCUT2D eigenvalue weighted by atomic mass is 15.3. The first-order valence-electron chi connectivity index (χ1n) is 6.12. The Kier molecular flexibility index (Phi) is 3.19. The van der Waals surface area contributed by atoms with E-state index in [0.29, 0.717) is 0 Å². The van der Waals surface area contributed by atoms with Crippen molar-refractivity contribution in [1.29, 1.82) is 0 Å². The molecule has 1 aromatic heterocycles. The smallest absolute Gasteiger partial charge is 0.0728 e. The molecule has 0 saturated carbocycles. The second-order valence-corrected chi connectivity index (χ2v) is 4.12. The van der Waals surface area contributed by atoms with Gasteiger partial charge in [0.25, 0.3) is 0 Å². The van der Waals surface area contributed by atoms with Crippen LogP contribution < -0.4 is 5.43 Å². The molecule has 92 valence electrons. The van der Waals surface area contributed by atoms with Gasteiger partial charge in [0.2, 0.25) is 0 Å². The van der Waals surface area contributed by atoms with Crippen LogP contribution in [0.25, 0.3) is 11.3 Å². The Bertz CT molecular complexity index is 640. The average Bonchev–Trinajstić information content (AvgIpc) is 2.75. The summed E-state index contributed by atoms with van der Waals surface area (Å²) < 4.78 is 0. The van der Waals surface area contributed by atoms with Crippen LogP contribution in [-0.2, 0) is 0 Å². The highest BCUT2D eigenvalue weighted by Crippen LogP contribution is 2.25. The first-order valence-corrected chi connectivity index (χ1v) is 6.12. The molecule has 2 aromatic rings. The monoisotopic (exact) mass is 247 g/mol. The number of hydrogen-bond acceptors (Lipinski definition) is 3. The fourth-order valence-corrected chi connectivity index (χ4v) is 1.99. The summed E-state index contributed by atoms with van der Waals surface area (Å²) in [5.74, 6) is 0. The number of aromatic nitrogens is 1. The number of rotatable bonds is 2. The molecule has 19 heavy (non-hydrogen) atoms. The topological polar surface area (TPSA) is 37.3 Å². The Labute approximate surface area is 112 Å². The van der Waals surface area contributed by atoms with Crippen molar-refractivity contribution < 1.29 is 0 Å². The third-order valence-electron chi connectivity index (χ3n) is 2.87. The quantitative estimate of drug-likeness (QED) is 0.885. The maximum Gasteiger partial charge on any atom is 0.0728 e. The van der Waals surface area contributed by atoms with Crippen molar-refractivity contribution in [2.45, 2.75) is 0 Å². The molecule has 0 atom stereocenters. The second kappa shape index (κ2) is 5.31. The highest BCUT2D eigenvalue weighted by Gasteiger charge is 2.10. The Balaban J connectivity index is 2.17. The second-order valence-electron chi connectivity index (χ2n) is 4.12. The predicted octanol–water partition coefficient (Wildman–Crippen LogP) is 3.10. The number of hydrogen-bond donors (Lipinski definition) is 1. The summed E-state index contributed by atoms with van der Waals surface area (Å²) in [6.07, 6.45) is 7.46. The fraction of sp³-hybridized carbons (Fsp3) is 0. The van der Waals surface area contributed by atoms with Crippen LogP contribution in [0.3, 0.4) is 0 Å². The number of benzene rings is 1. The first-order chi connectivity index (χ1) is 9.45. The minimum absolute atomic E-state index is 0.926. The summed E-state index contributed by atoms with van der Waals surface area (Å²) in [7, 11) is 0. The zero-order chi connectivity index (χ0) is 12.9. The van der Waals surface area contributed by atoms with Crippen molar-refractivity contribution in [3.8, 4) is 0 Å². The van der Waals surface area contributed by atoms with Crippen LogP contribution in [0.5, 0.6) is 0 Å².